The topological polar surface area (TPSA) is 85.0 Å². The number of carbonyl (C=O) groups excluding carboxylic acids is 1. The minimum Gasteiger partial charge on any atom is -0.338 e. The van der Waals surface area contributed by atoms with Gasteiger partial charge in [-0.3, -0.25) is 14.8 Å². The van der Waals surface area contributed by atoms with E-state index in [-0.39, 0.29) is 5.91 Å². The van der Waals surface area contributed by atoms with E-state index in [1.54, 1.807) is 30.7 Å². The Morgan fingerprint density at radius 3 is 2.89 bits per heavy atom. The largest absolute Gasteiger partial charge is 0.338 e. The minimum atomic E-state index is 0.0825. The number of aromatic nitrogens is 4. The molecule has 1 fully saturated rings. The quantitative estimate of drug-likeness (QED) is 0.693. The fourth-order valence-corrected chi connectivity index (χ4v) is 3.44. The van der Waals surface area contributed by atoms with Crippen LogP contribution in [0.15, 0.2) is 53.4 Å². The Kier molecular flexibility index (Phi) is 5.18. The van der Waals surface area contributed by atoms with Gasteiger partial charge in [0.25, 0.3) is 11.8 Å². The van der Waals surface area contributed by atoms with Crippen molar-refractivity contribution in [1.29, 1.82) is 0 Å². The van der Waals surface area contributed by atoms with Crippen molar-refractivity contribution < 1.29 is 9.32 Å². The number of nitrogens with zero attached hydrogens (tertiary/aromatic N) is 5. The van der Waals surface area contributed by atoms with Crippen LogP contribution < -0.4 is 0 Å². The SMILES string of the molecule is O=C(c1ccncc1)N1CCCC(CCc2noc(-c3ccccn3)n2)C1. The number of rotatable bonds is 5. The van der Waals surface area contributed by atoms with Crippen molar-refractivity contribution in [2.75, 3.05) is 13.1 Å². The summed E-state index contributed by atoms with van der Waals surface area (Å²) in [5, 5.41) is 4.07. The highest BCUT2D eigenvalue weighted by Crippen LogP contribution is 2.23. The Morgan fingerprint density at radius 2 is 2.07 bits per heavy atom. The number of amides is 1. The van der Waals surface area contributed by atoms with E-state index in [1.165, 1.54) is 0 Å². The molecule has 1 aliphatic heterocycles. The van der Waals surface area contributed by atoms with Crippen molar-refractivity contribution in [3.63, 3.8) is 0 Å². The second-order valence-corrected chi connectivity index (χ2v) is 6.76. The third-order valence-electron chi connectivity index (χ3n) is 4.86. The monoisotopic (exact) mass is 363 g/mol. The molecule has 27 heavy (non-hydrogen) atoms. The van der Waals surface area contributed by atoms with Crippen molar-refractivity contribution in [2.24, 2.45) is 5.92 Å². The Hall–Kier alpha value is -3.09. The number of hydrogen-bond donors (Lipinski definition) is 0. The molecule has 7 heteroatoms. The van der Waals surface area contributed by atoms with Gasteiger partial charge in [0.2, 0.25) is 0 Å². The third kappa shape index (κ3) is 4.19. The van der Waals surface area contributed by atoms with E-state index >= 15 is 0 Å². The van der Waals surface area contributed by atoms with E-state index in [9.17, 15) is 4.79 Å². The van der Waals surface area contributed by atoms with E-state index in [0.717, 1.165) is 38.8 Å². The molecule has 1 aliphatic rings. The molecule has 4 heterocycles. The zero-order chi connectivity index (χ0) is 18.5. The lowest BCUT2D eigenvalue weighted by molar-refractivity contribution is 0.0668. The summed E-state index contributed by atoms with van der Waals surface area (Å²) in [7, 11) is 0. The molecule has 0 bridgehead atoms. The minimum absolute atomic E-state index is 0.0825. The van der Waals surface area contributed by atoms with Crippen LogP contribution in [-0.2, 0) is 6.42 Å². The van der Waals surface area contributed by atoms with Crippen LogP contribution in [0.25, 0.3) is 11.6 Å². The molecule has 0 N–H and O–H groups in total. The number of pyridine rings is 2. The van der Waals surface area contributed by atoms with Gasteiger partial charge < -0.3 is 9.42 Å². The van der Waals surface area contributed by atoms with E-state index in [4.69, 9.17) is 4.52 Å². The molecule has 1 amide bonds. The summed E-state index contributed by atoms with van der Waals surface area (Å²) in [6.45, 7) is 1.58. The highest BCUT2D eigenvalue weighted by Gasteiger charge is 2.24. The lowest BCUT2D eigenvalue weighted by Crippen LogP contribution is -2.40. The van der Waals surface area contributed by atoms with E-state index in [1.807, 2.05) is 23.1 Å². The van der Waals surface area contributed by atoms with Gasteiger partial charge in [-0.2, -0.15) is 4.98 Å². The normalized spacial score (nSPS) is 17.0. The molecule has 3 aromatic heterocycles. The van der Waals surface area contributed by atoms with Crippen molar-refractivity contribution in [2.45, 2.75) is 25.7 Å². The fourth-order valence-electron chi connectivity index (χ4n) is 3.44. The van der Waals surface area contributed by atoms with Crippen LogP contribution in [0.4, 0.5) is 0 Å². The molecule has 0 spiro atoms. The van der Waals surface area contributed by atoms with Crippen LogP contribution >= 0.6 is 0 Å². The van der Waals surface area contributed by atoms with E-state index in [2.05, 4.69) is 20.1 Å². The molecule has 1 unspecified atom stereocenters. The molecule has 0 aliphatic carbocycles. The summed E-state index contributed by atoms with van der Waals surface area (Å²) in [6, 6.07) is 9.13. The predicted octanol–water partition coefficient (Wildman–Crippen LogP) is 3.01. The molecule has 0 aromatic carbocycles. The lowest BCUT2D eigenvalue weighted by atomic mass is 9.93. The smallest absolute Gasteiger partial charge is 0.276 e. The first-order valence-corrected chi connectivity index (χ1v) is 9.23. The average molecular weight is 363 g/mol. The van der Waals surface area contributed by atoms with E-state index in [0.29, 0.717) is 28.9 Å². The summed E-state index contributed by atoms with van der Waals surface area (Å²) in [6.07, 6.45) is 8.82. The molecule has 0 saturated carbocycles. The first kappa shape index (κ1) is 17.3. The van der Waals surface area contributed by atoms with Gasteiger partial charge >= 0.3 is 0 Å². The first-order chi connectivity index (χ1) is 13.3. The Morgan fingerprint density at radius 1 is 1.19 bits per heavy atom. The van der Waals surface area contributed by atoms with Gasteiger partial charge in [0.05, 0.1) is 0 Å². The average Bonchev–Trinajstić information content (AvgIpc) is 3.22. The molecule has 0 radical (unpaired) electrons. The first-order valence-electron chi connectivity index (χ1n) is 9.23. The fraction of sp³-hybridized carbons (Fsp3) is 0.350. The summed E-state index contributed by atoms with van der Waals surface area (Å²) in [4.78, 5) is 27.2. The summed E-state index contributed by atoms with van der Waals surface area (Å²) in [5.74, 6) is 1.66. The molecular weight excluding hydrogens is 342 g/mol. The van der Waals surface area contributed by atoms with Gasteiger partial charge in [0, 0.05) is 43.7 Å². The summed E-state index contributed by atoms with van der Waals surface area (Å²) < 4.78 is 5.31. The molecule has 3 aromatic rings. The number of likely N-dealkylation sites (tertiary alicyclic amines) is 1. The maximum Gasteiger partial charge on any atom is 0.276 e. The number of aryl methyl sites for hydroxylation is 1. The van der Waals surface area contributed by atoms with Crippen LogP contribution in [0.5, 0.6) is 0 Å². The van der Waals surface area contributed by atoms with Crippen LogP contribution in [0.3, 0.4) is 0 Å². The van der Waals surface area contributed by atoms with Crippen LogP contribution in [0.2, 0.25) is 0 Å². The molecule has 1 atom stereocenters. The number of hydrogen-bond acceptors (Lipinski definition) is 6. The standard InChI is InChI=1S/C20H21N5O2/c26-20(16-8-11-21-12-9-16)25-13-3-4-15(14-25)6-7-18-23-19(27-24-18)17-5-1-2-10-22-17/h1-2,5,8-12,15H,3-4,6-7,13-14H2. The zero-order valence-corrected chi connectivity index (χ0v) is 15.0. The summed E-state index contributed by atoms with van der Waals surface area (Å²) in [5.41, 5.74) is 1.38. The maximum atomic E-state index is 12.6. The lowest BCUT2D eigenvalue weighted by Gasteiger charge is -2.32. The Bertz CT molecular complexity index is 882. The Labute approximate surface area is 157 Å². The molecule has 4 rings (SSSR count). The van der Waals surface area contributed by atoms with Crippen molar-refractivity contribution in [1.82, 2.24) is 25.0 Å². The summed E-state index contributed by atoms with van der Waals surface area (Å²) >= 11 is 0. The van der Waals surface area contributed by atoms with Gasteiger partial charge in [0.1, 0.15) is 5.69 Å². The molecular formula is C20H21N5O2. The van der Waals surface area contributed by atoms with Crippen molar-refractivity contribution in [3.05, 3.63) is 60.3 Å². The van der Waals surface area contributed by atoms with Gasteiger partial charge in [-0.25, -0.2) is 0 Å². The zero-order valence-electron chi connectivity index (χ0n) is 15.0. The van der Waals surface area contributed by atoms with Crippen molar-refractivity contribution >= 4 is 5.91 Å². The van der Waals surface area contributed by atoms with Crippen LogP contribution in [0.1, 0.15) is 35.4 Å². The Balaban J connectivity index is 1.34. The van der Waals surface area contributed by atoms with Gasteiger partial charge in [-0.05, 0) is 49.4 Å². The third-order valence-corrected chi connectivity index (χ3v) is 4.86. The van der Waals surface area contributed by atoms with Gasteiger partial charge in [-0.15, -0.1) is 0 Å². The molecule has 1 saturated heterocycles. The second kappa shape index (κ2) is 8.07. The highest BCUT2D eigenvalue weighted by atomic mass is 16.5. The van der Waals surface area contributed by atoms with Crippen molar-refractivity contribution in [3.8, 4) is 11.6 Å². The molecule has 138 valence electrons. The molecule has 7 nitrogen and oxygen atoms in total. The van der Waals surface area contributed by atoms with Gasteiger partial charge in [0.15, 0.2) is 5.82 Å². The second-order valence-electron chi connectivity index (χ2n) is 6.76. The maximum absolute atomic E-state index is 12.6. The van der Waals surface area contributed by atoms with E-state index < -0.39 is 0 Å². The highest BCUT2D eigenvalue weighted by molar-refractivity contribution is 5.94. The van der Waals surface area contributed by atoms with Crippen LogP contribution in [-0.4, -0.2) is 44.0 Å². The predicted molar refractivity (Wildman–Crippen MR) is 98.7 cm³/mol. The number of carbonyl (C=O) groups is 1. The van der Waals surface area contributed by atoms with Gasteiger partial charge in [-0.1, -0.05) is 11.2 Å². The van der Waals surface area contributed by atoms with Crippen LogP contribution in [0, 0.1) is 5.92 Å². The number of piperidine rings is 1.